The average molecular weight is 310 g/mol. The van der Waals surface area contributed by atoms with E-state index in [1.807, 2.05) is 20.8 Å². The van der Waals surface area contributed by atoms with E-state index in [-0.39, 0.29) is 6.09 Å². The average Bonchev–Trinajstić information content (AvgIpc) is 2.41. The molecule has 2 aliphatic heterocycles. The Labute approximate surface area is 133 Å². The lowest BCUT2D eigenvalue weighted by atomic mass is 9.99. The molecule has 0 bridgehead atoms. The van der Waals surface area contributed by atoms with Crippen molar-refractivity contribution in [2.75, 3.05) is 33.2 Å². The molecule has 0 aliphatic carbocycles. The predicted octanol–water partition coefficient (Wildman–Crippen LogP) is 1.71. The van der Waals surface area contributed by atoms with Crippen LogP contribution in [-0.2, 0) is 4.74 Å². The standard InChI is InChI=1S/C16H30N4O2/c1-12-10-13(6-8-19(12)5)18-14-11-20(9-7-17-14)15(21)22-16(2,3)4/h12-13H,6-11H2,1-5H3,(H,17,18). The first-order valence-corrected chi connectivity index (χ1v) is 8.22. The maximum absolute atomic E-state index is 12.2. The number of rotatable bonds is 1. The minimum Gasteiger partial charge on any atom is -0.444 e. The molecule has 0 radical (unpaired) electrons. The first-order valence-electron chi connectivity index (χ1n) is 8.22. The second-order valence-corrected chi connectivity index (χ2v) is 7.43. The fourth-order valence-corrected chi connectivity index (χ4v) is 2.85. The van der Waals surface area contributed by atoms with E-state index in [0.717, 1.165) is 25.2 Å². The Kier molecular flexibility index (Phi) is 5.32. The second kappa shape index (κ2) is 6.86. The van der Waals surface area contributed by atoms with Crippen molar-refractivity contribution in [3.8, 4) is 0 Å². The Balaban J connectivity index is 1.86. The number of likely N-dealkylation sites (tertiary alicyclic amines) is 1. The monoisotopic (exact) mass is 310 g/mol. The Morgan fingerprint density at radius 1 is 1.36 bits per heavy atom. The van der Waals surface area contributed by atoms with Crippen molar-refractivity contribution < 1.29 is 9.53 Å². The number of amides is 1. The Morgan fingerprint density at radius 3 is 2.73 bits per heavy atom. The predicted molar refractivity (Wildman–Crippen MR) is 88.4 cm³/mol. The molecule has 126 valence electrons. The molecule has 6 heteroatoms. The zero-order valence-corrected chi connectivity index (χ0v) is 14.6. The first kappa shape index (κ1) is 17.1. The minimum atomic E-state index is -0.456. The van der Waals surface area contributed by atoms with Gasteiger partial charge in [0.1, 0.15) is 11.4 Å². The summed E-state index contributed by atoms with van der Waals surface area (Å²) < 4.78 is 5.44. The van der Waals surface area contributed by atoms with Crippen molar-refractivity contribution in [2.24, 2.45) is 4.99 Å². The molecule has 0 spiro atoms. The van der Waals surface area contributed by atoms with Crippen LogP contribution in [-0.4, -0.2) is 72.6 Å². The van der Waals surface area contributed by atoms with Gasteiger partial charge in [-0.3, -0.25) is 9.89 Å². The molecule has 2 unspecified atom stereocenters. The van der Waals surface area contributed by atoms with Crippen LogP contribution >= 0.6 is 0 Å². The molecular formula is C16H30N4O2. The van der Waals surface area contributed by atoms with Gasteiger partial charge in [0.25, 0.3) is 0 Å². The Hall–Kier alpha value is -1.30. The highest BCUT2D eigenvalue weighted by molar-refractivity contribution is 5.88. The molecule has 2 rings (SSSR count). The van der Waals surface area contributed by atoms with Crippen LogP contribution < -0.4 is 5.32 Å². The third-order valence-electron chi connectivity index (χ3n) is 4.24. The lowest BCUT2D eigenvalue weighted by molar-refractivity contribution is 0.0275. The molecular weight excluding hydrogens is 280 g/mol. The number of ether oxygens (including phenoxy) is 1. The minimum absolute atomic E-state index is 0.251. The van der Waals surface area contributed by atoms with Gasteiger partial charge >= 0.3 is 6.09 Å². The van der Waals surface area contributed by atoms with Crippen molar-refractivity contribution in [2.45, 2.75) is 58.2 Å². The van der Waals surface area contributed by atoms with E-state index >= 15 is 0 Å². The summed E-state index contributed by atoms with van der Waals surface area (Å²) in [4.78, 5) is 20.8. The smallest absolute Gasteiger partial charge is 0.410 e. The summed E-state index contributed by atoms with van der Waals surface area (Å²) >= 11 is 0. The Morgan fingerprint density at radius 2 is 2.09 bits per heavy atom. The highest BCUT2D eigenvalue weighted by Crippen LogP contribution is 2.16. The fraction of sp³-hybridized carbons (Fsp3) is 0.875. The molecule has 6 nitrogen and oxygen atoms in total. The van der Waals surface area contributed by atoms with Gasteiger partial charge in [-0.05, 0) is 47.6 Å². The molecule has 1 saturated heterocycles. The number of carbonyl (C=O) groups excluding carboxylic acids is 1. The third-order valence-corrected chi connectivity index (χ3v) is 4.24. The highest BCUT2D eigenvalue weighted by Gasteiger charge is 2.27. The molecule has 1 N–H and O–H groups in total. The van der Waals surface area contributed by atoms with Crippen LogP contribution in [0.4, 0.5) is 4.79 Å². The highest BCUT2D eigenvalue weighted by atomic mass is 16.6. The molecule has 0 aromatic heterocycles. The molecule has 0 aromatic carbocycles. The number of nitrogens with zero attached hydrogens (tertiary/aromatic N) is 3. The van der Waals surface area contributed by atoms with Crippen LogP contribution in [0, 0.1) is 0 Å². The van der Waals surface area contributed by atoms with E-state index in [1.54, 1.807) is 4.90 Å². The largest absolute Gasteiger partial charge is 0.444 e. The zero-order valence-electron chi connectivity index (χ0n) is 14.6. The molecule has 1 fully saturated rings. The first-order chi connectivity index (χ1) is 10.2. The fourth-order valence-electron chi connectivity index (χ4n) is 2.85. The van der Waals surface area contributed by atoms with Gasteiger partial charge < -0.3 is 15.0 Å². The number of piperidine rings is 1. The van der Waals surface area contributed by atoms with E-state index in [9.17, 15) is 4.79 Å². The molecule has 0 saturated carbocycles. The lowest BCUT2D eigenvalue weighted by Gasteiger charge is -2.37. The molecule has 22 heavy (non-hydrogen) atoms. The van der Waals surface area contributed by atoms with Crippen LogP contribution in [0.5, 0.6) is 0 Å². The molecule has 2 heterocycles. The normalized spacial score (nSPS) is 27.3. The molecule has 2 aliphatic rings. The van der Waals surface area contributed by atoms with E-state index in [0.29, 0.717) is 31.7 Å². The van der Waals surface area contributed by atoms with Crippen LogP contribution in [0.15, 0.2) is 4.99 Å². The number of amidine groups is 1. The van der Waals surface area contributed by atoms with Crippen molar-refractivity contribution in [1.29, 1.82) is 0 Å². The summed E-state index contributed by atoms with van der Waals surface area (Å²) in [5.74, 6) is 0.916. The quantitative estimate of drug-likeness (QED) is 0.801. The number of hydrogen-bond acceptors (Lipinski definition) is 5. The van der Waals surface area contributed by atoms with E-state index in [1.165, 1.54) is 0 Å². The number of hydrogen-bond donors (Lipinski definition) is 1. The second-order valence-electron chi connectivity index (χ2n) is 7.43. The third kappa shape index (κ3) is 4.87. The Bertz CT molecular complexity index is 430. The topological polar surface area (TPSA) is 57.2 Å². The van der Waals surface area contributed by atoms with Gasteiger partial charge in [-0.15, -0.1) is 0 Å². The lowest BCUT2D eigenvalue weighted by Crippen LogP contribution is -2.52. The maximum Gasteiger partial charge on any atom is 0.410 e. The van der Waals surface area contributed by atoms with Crippen molar-refractivity contribution in [3.05, 3.63) is 0 Å². The van der Waals surface area contributed by atoms with Crippen LogP contribution in [0.2, 0.25) is 0 Å². The van der Waals surface area contributed by atoms with Gasteiger partial charge in [0, 0.05) is 25.2 Å². The maximum atomic E-state index is 12.2. The summed E-state index contributed by atoms with van der Waals surface area (Å²) in [5.41, 5.74) is -0.456. The van der Waals surface area contributed by atoms with Crippen molar-refractivity contribution in [3.63, 3.8) is 0 Å². The SMILES string of the molecule is CC1CC(NC2=NCCN(C(=O)OC(C)(C)C)C2)CCN1C. The summed E-state index contributed by atoms with van der Waals surface area (Å²) in [6, 6.07) is 1.03. The molecule has 1 amide bonds. The summed E-state index contributed by atoms with van der Waals surface area (Å²) in [6.07, 6.45) is 1.98. The van der Waals surface area contributed by atoms with Gasteiger partial charge in [-0.1, -0.05) is 0 Å². The number of aliphatic imine (C=N–C) groups is 1. The molecule has 2 atom stereocenters. The van der Waals surface area contributed by atoms with Crippen LogP contribution in [0.25, 0.3) is 0 Å². The summed E-state index contributed by atoms with van der Waals surface area (Å²) in [6.45, 7) is 10.8. The summed E-state index contributed by atoms with van der Waals surface area (Å²) in [7, 11) is 2.17. The van der Waals surface area contributed by atoms with Gasteiger partial charge in [-0.2, -0.15) is 0 Å². The van der Waals surface area contributed by atoms with Crippen LogP contribution in [0.3, 0.4) is 0 Å². The van der Waals surface area contributed by atoms with Gasteiger partial charge in [-0.25, -0.2) is 4.79 Å². The summed E-state index contributed by atoms with van der Waals surface area (Å²) in [5, 5.41) is 3.53. The van der Waals surface area contributed by atoms with Crippen LogP contribution in [0.1, 0.15) is 40.5 Å². The van der Waals surface area contributed by atoms with Gasteiger partial charge in [0.05, 0.1) is 13.1 Å². The number of nitrogens with one attached hydrogen (secondary N) is 1. The van der Waals surface area contributed by atoms with E-state index < -0.39 is 5.60 Å². The van der Waals surface area contributed by atoms with Crippen molar-refractivity contribution >= 4 is 11.9 Å². The zero-order chi connectivity index (χ0) is 16.3. The van der Waals surface area contributed by atoms with Gasteiger partial charge in [0.15, 0.2) is 0 Å². The van der Waals surface area contributed by atoms with Gasteiger partial charge in [0.2, 0.25) is 0 Å². The van der Waals surface area contributed by atoms with Crippen molar-refractivity contribution in [1.82, 2.24) is 15.1 Å². The molecule has 0 aromatic rings. The number of carbonyl (C=O) groups is 1. The van der Waals surface area contributed by atoms with E-state index in [4.69, 9.17) is 4.74 Å². The van der Waals surface area contributed by atoms with E-state index in [2.05, 4.69) is 29.2 Å².